The molecule has 0 aliphatic rings. The third kappa shape index (κ3) is 2.49. The molecule has 4 N–H and O–H groups in total. The van der Waals surface area contributed by atoms with Gasteiger partial charge in [-0.3, -0.25) is 20.6 Å². The number of hydrazine groups is 1. The average molecular weight is 303 g/mol. The minimum atomic E-state index is -0.432. The smallest absolute Gasteiger partial charge is 0.283 e. The van der Waals surface area contributed by atoms with Gasteiger partial charge in [0.1, 0.15) is 5.03 Å². The number of nitrogens with one attached hydrogen (secondary N) is 2. The second-order valence-corrected chi connectivity index (χ2v) is 4.99. The fraction of sp³-hybridized carbons (Fsp3) is 0. The van der Waals surface area contributed by atoms with E-state index in [9.17, 15) is 10.1 Å². The number of nitrogen functional groups attached to an aromatic ring is 1. The summed E-state index contributed by atoms with van der Waals surface area (Å²) in [6, 6.07) is 6.44. The molecule has 10 heteroatoms. The fourth-order valence-electron chi connectivity index (χ4n) is 1.75. The zero-order valence-electron chi connectivity index (χ0n) is 10.5. The first-order valence-corrected chi connectivity index (χ1v) is 6.59. The van der Waals surface area contributed by atoms with Crippen molar-refractivity contribution in [3.8, 4) is 0 Å². The maximum Gasteiger partial charge on any atom is 0.283 e. The third-order valence-corrected chi connectivity index (χ3v) is 3.74. The number of nitro groups is 1. The highest BCUT2D eigenvalue weighted by atomic mass is 32.2. The lowest BCUT2D eigenvalue weighted by atomic mass is 10.3. The van der Waals surface area contributed by atoms with Gasteiger partial charge in [-0.1, -0.05) is 23.9 Å². The topological polar surface area (TPSA) is 136 Å². The first-order valence-electron chi connectivity index (χ1n) is 5.78. The molecule has 0 bridgehead atoms. The number of H-pyrrole nitrogens is 1. The van der Waals surface area contributed by atoms with Crippen LogP contribution in [0.15, 0.2) is 40.4 Å². The number of anilines is 1. The van der Waals surface area contributed by atoms with Gasteiger partial charge in [0.15, 0.2) is 5.65 Å². The number of aromatic amines is 1. The van der Waals surface area contributed by atoms with Crippen LogP contribution in [0.3, 0.4) is 0 Å². The molecule has 0 amide bonds. The van der Waals surface area contributed by atoms with Crippen molar-refractivity contribution in [2.75, 3.05) is 5.43 Å². The van der Waals surface area contributed by atoms with Crippen molar-refractivity contribution < 1.29 is 4.92 Å². The van der Waals surface area contributed by atoms with Gasteiger partial charge in [0, 0.05) is 6.07 Å². The van der Waals surface area contributed by atoms with Crippen LogP contribution in [0.25, 0.3) is 11.0 Å². The van der Waals surface area contributed by atoms with Gasteiger partial charge in [-0.2, -0.15) is 10.1 Å². The number of aromatic nitrogens is 4. The number of fused-ring (bicyclic) bond motifs is 1. The molecule has 2 heterocycles. The highest BCUT2D eigenvalue weighted by molar-refractivity contribution is 7.99. The summed E-state index contributed by atoms with van der Waals surface area (Å²) in [5, 5.41) is 18.9. The van der Waals surface area contributed by atoms with Gasteiger partial charge in [-0.15, -0.1) is 0 Å². The Labute approximate surface area is 122 Å². The normalized spacial score (nSPS) is 10.7. The molecule has 106 valence electrons. The van der Waals surface area contributed by atoms with Crippen molar-refractivity contribution in [2.45, 2.75) is 9.92 Å². The van der Waals surface area contributed by atoms with Crippen LogP contribution in [0.1, 0.15) is 0 Å². The second kappa shape index (κ2) is 5.34. The summed E-state index contributed by atoms with van der Waals surface area (Å²) >= 11 is 1.16. The van der Waals surface area contributed by atoms with Gasteiger partial charge >= 0.3 is 0 Å². The molecule has 0 radical (unpaired) electrons. The highest BCUT2D eigenvalue weighted by Gasteiger charge is 2.17. The maximum atomic E-state index is 11.1. The quantitative estimate of drug-likeness (QED) is 0.287. The van der Waals surface area contributed by atoms with Gasteiger partial charge in [-0.25, -0.2) is 10.8 Å². The van der Waals surface area contributed by atoms with Crippen LogP contribution in [-0.4, -0.2) is 25.1 Å². The van der Waals surface area contributed by atoms with E-state index in [1.54, 1.807) is 24.4 Å². The van der Waals surface area contributed by atoms with Crippen LogP contribution in [0.2, 0.25) is 0 Å². The molecule has 3 aromatic rings. The molecule has 9 nitrogen and oxygen atoms in total. The van der Waals surface area contributed by atoms with E-state index in [0.29, 0.717) is 21.0 Å². The van der Waals surface area contributed by atoms with Crippen LogP contribution in [-0.2, 0) is 0 Å². The van der Waals surface area contributed by atoms with E-state index in [1.807, 2.05) is 0 Å². The molecule has 0 atom stereocenters. The summed E-state index contributed by atoms with van der Waals surface area (Å²) in [5.41, 5.74) is 2.87. The Morgan fingerprint density at radius 1 is 1.33 bits per heavy atom. The summed E-state index contributed by atoms with van der Waals surface area (Å²) in [4.78, 5) is 19.4. The molecule has 1 aromatic carbocycles. The molecule has 0 fully saturated rings. The number of hydrogen-bond donors (Lipinski definition) is 3. The number of para-hydroxylation sites is 1. The Balaban J connectivity index is 2.10. The van der Waals surface area contributed by atoms with Crippen molar-refractivity contribution in [1.82, 2.24) is 20.2 Å². The van der Waals surface area contributed by atoms with Crippen molar-refractivity contribution in [3.63, 3.8) is 0 Å². The molecule has 0 unspecified atom stereocenters. The van der Waals surface area contributed by atoms with E-state index in [1.165, 1.54) is 6.07 Å². The van der Waals surface area contributed by atoms with Crippen molar-refractivity contribution in [2.24, 2.45) is 5.84 Å². The van der Waals surface area contributed by atoms with Gasteiger partial charge in [0.25, 0.3) is 5.69 Å². The zero-order chi connectivity index (χ0) is 14.8. The number of hydrogen-bond acceptors (Lipinski definition) is 8. The summed E-state index contributed by atoms with van der Waals surface area (Å²) in [5.74, 6) is 5.52. The standard InChI is InChI=1S/C11H9N7O2S/c12-16-11-14-9-6(5-13-17-9)10(15-11)21-8-4-2-1-3-7(8)18(19)20/h1-5H,12H2,(H2,13,14,15,16,17). The van der Waals surface area contributed by atoms with E-state index in [2.05, 4.69) is 25.6 Å². The second-order valence-electron chi connectivity index (χ2n) is 3.96. The van der Waals surface area contributed by atoms with Crippen LogP contribution in [0.4, 0.5) is 11.6 Å². The van der Waals surface area contributed by atoms with E-state index < -0.39 is 4.92 Å². The lowest BCUT2D eigenvalue weighted by molar-refractivity contribution is -0.387. The van der Waals surface area contributed by atoms with E-state index in [-0.39, 0.29) is 11.6 Å². The molecule has 3 rings (SSSR count). The fourth-order valence-corrected chi connectivity index (χ4v) is 2.74. The molecule has 21 heavy (non-hydrogen) atoms. The molecule has 2 aromatic heterocycles. The van der Waals surface area contributed by atoms with E-state index in [4.69, 9.17) is 5.84 Å². The van der Waals surface area contributed by atoms with Gasteiger partial charge in [0.05, 0.1) is 21.4 Å². The third-order valence-electron chi connectivity index (χ3n) is 2.67. The Morgan fingerprint density at radius 3 is 2.90 bits per heavy atom. The molecular weight excluding hydrogens is 294 g/mol. The number of rotatable bonds is 4. The van der Waals surface area contributed by atoms with E-state index >= 15 is 0 Å². The lowest BCUT2D eigenvalue weighted by Gasteiger charge is -2.05. The van der Waals surface area contributed by atoms with Crippen molar-refractivity contribution in [1.29, 1.82) is 0 Å². The van der Waals surface area contributed by atoms with Crippen LogP contribution >= 0.6 is 11.8 Å². The molecule has 0 aliphatic carbocycles. The first-order chi connectivity index (χ1) is 10.2. The highest BCUT2D eigenvalue weighted by Crippen LogP contribution is 2.36. The van der Waals surface area contributed by atoms with Gasteiger partial charge in [0.2, 0.25) is 5.95 Å². The number of nitrogens with two attached hydrogens (primary N) is 1. The van der Waals surface area contributed by atoms with Crippen LogP contribution < -0.4 is 11.3 Å². The van der Waals surface area contributed by atoms with Crippen LogP contribution in [0.5, 0.6) is 0 Å². The summed E-state index contributed by atoms with van der Waals surface area (Å²) < 4.78 is 0. The molecule has 0 aliphatic heterocycles. The van der Waals surface area contributed by atoms with Gasteiger partial charge in [-0.05, 0) is 6.07 Å². The maximum absolute atomic E-state index is 11.1. The monoisotopic (exact) mass is 303 g/mol. The molecule has 0 saturated heterocycles. The number of nitrogens with zero attached hydrogens (tertiary/aromatic N) is 4. The first kappa shape index (κ1) is 13.3. The Morgan fingerprint density at radius 2 is 2.14 bits per heavy atom. The van der Waals surface area contributed by atoms with Gasteiger partial charge < -0.3 is 0 Å². The lowest BCUT2D eigenvalue weighted by Crippen LogP contribution is -2.10. The Kier molecular flexibility index (Phi) is 3.38. The van der Waals surface area contributed by atoms with Crippen molar-refractivity contribution in [3.05, 3.63) is 40.6 Å². The summed E-state index contributed by atoms with van der Waals surface area (Å²) in [6.07, 6.45) is 1.56. The molecule has 0 spiro atoms. The SMILES string of the molecule is NNc1nc(Sc2ccccc2[N+](=O)[O-])c2cn[nH]c2n1. The number of nitro benzene ring substituents is 1. The summed E-state index contributed by atoms with van der Waals surface area (Å²) in [7, 11) is 0. The predicted octanol–water partition coefficient (Wildman–Crippen LogP) is 1.70. The minimum Gasteiger partial charge on any atom is -0.292 e. The Bertz CT molecular complexity index is 819. The molecular formula is C11H9N7O2S. The van der Waals surface area contributed by atoms with E-state index in [0.717, 1.165) is 11.8 Å². The van der Waals surface area contributed by atoms with Crippen LogP contribution in [0, 0.1) is 10.1 Å². The zero-order valence-corrected chi connectivity index (χ0v) is 11.3. The Hall–Kier alpha value is -2.72. The molecule has 0 saturated carbocycles. The largest absolute Gasteiger partial charge is 0.292 e. The summed E-state index contributed by atoms with van der Waals surface area (Å²) in [6.45, 7) is 0. The number of benzene rings is 1. The predicted molar refractivity (Wildman–Crippen MR) is 76.7 cm³/mol. The van der Waals surface area contributed by atoms with Crippen molar-refractivity contribution >= 4 is 34.4 Å². The minimum absolute atomic E-state index is 0.0139. The average Bonchev–Trinajstić information content (AvgIpc) is 2.96.